The Morgan fingerprint density at radius 1 is 1.09 bits per heavy atom. The van der Waals surface area contributed by atoms with Crippen molar-refractivity contribution in [3.63, 3.8) is 0 Å². The summed E-state index contributed by atoms with van der Waals surface area (Å²) in [6, 6.07) is 8.56. The van der Waals surface area contributed by atoms with E-state index in [0.717, 1.165) is 17.8 Å². The summed E-state index contributed by atoms with van der Waals surface area (Å²) in [6.07, 6.45) is -0.264. The van der Waals surface area contributed by atoms with Crippen molar-refractivity contribution >= 4 is 11.5 Å². The van der Waals surface area contributed by atoms with Crippen molar-refractivity contribution in [2.75, 3.05) is 12.1 Å². The summed E-state index contributed by atoms with van der Waals surface area (Å²) >= 11 is 0. The second kappa shape index (κ2) is 7.53. The number of aromatic nitrogens is 3. The lowest BCUT2D eigenvalue weighted by Crippen LogP contribution is -2.09. The first-order valence-electron chi connectivity index (χ1n) is 9.59. The number of halogens is 3. The van der Waals surface area contributed by atoms with Crippen LogP contribution in [0.1, 0.15) is 33.6 Å². The van der Waals surface area contributed by atoms with Crippen LogP contribution in [0.2, 0.25) is 0 Å². The zero-order chi connectivity index (χ0) is 22.3. The van der Waals surface area contributed by atoms with E-state index >= 15 is 0 Å². The van der Waals surface area contributed by atoms with Crippen LogP contribution in [-0.4, -0.2) is 21.7 Å². The van der Waals surface area contributed by atoms with Crippen molar-refractivity contribution in [3.8, 4) is 17.6 Å². The normalized spacial score (nSPS) is 14.0. The average Bonchev–Trinajstić information content (AvgIpc) is 3.42. The van der Waals surface area contributed by atoms with E-state index in [9.17, 15) is 18.4 Å². The van der Waals surface area contributed by atoms with Crippen molar-refractivity contribution in [2.24, 2.45) is 0 Å². The van der Waals surface area contributed by atoms with E-state index in [2.05, 4.69) is 20.3 Å². The zero-order valence-electron chi connectivity index (χ0n) is 16.4. The van der Waals surface area contributed by atoms with Crippen LogP contribution in [-0.2, 0) is 19.1 Å². The van der Waals surface area contributed by atoms with Gasteiger partial charge in [0.2, 0.25) is 12.7 Å². The molecule has 3 heterocycles. The van der Waals surface area contributed by atoms with Gasteiger partial charge in [-0.15, -0.1) is 0 Å². The number of hydrogen-bond acceptors (Lipinski definition) is 7. The molecule has 3 aromatic rings. The number of ether oxygens (including phenoxy) is 2. The van der Waals surface area contributed by atoms with Crippen LogP contribution in [0.15, 0.2) is 42.7 Å². The molecular weight excluding hydrogens is 423 g/mol. The monoisotopic (exact) mass is 437 g/mol. The summed E-state index contributed by atoms with van der Waals surface area (Å²) in [6.45, 7) is 0.549. The molecule has 7 nitrogen and oxygen atoms in total. The predicted molar refractivity (Wildman–Crippen MR) is 107 cm³/mol. The highest BCUT2D eigenvalue weighted by atomic mass is 19.4. The van der Waals surface area contributed by atoms with Gasteiger partial charge in [0.1, 0.15) is 6.07 Å². The fraction of sp³-hybridized carbons (Fsp3) is 0.182. The molecule has 1 aromatic carbocycles. The minimum absolute atomic E-state index is 0.162. The molecule has 32 heavy (non-hydrogen) atoms. The number of fused-ring (bicyclic) bond motifs is 2. The summed E-state index contributed by atoms with van der Waals surface area (Å²) in [5.74, 6) is 1.56. The fourth-order valence-electron chi connectivity index (χ4n) is 3.56. The minimum atomic E-state index is -4.52. The highest BCUT2D eigenvalue weighted by Gasteiger charge is 2.33. The fourth-order valence-corrected chi connectivity index (χ4v) is 3.56. The Morgan fingerprint density at radius 2 is 1.94 bits per heavy atom. The maximum atomic E-state index is 13.2. The SMILES string of the molecule is N#Cc1cnc(NCc2ccc3c(c2)OCO3)nc1C1=CCc2ncc(C(F)(F)F)cc21. The lowest BCUT2D eigenvalue weighted by molar-refractivity contribution is -0.137. The summed E-state index contributed by atoms with van der Waals surface area (Å²) in [5, 5.41) is 12.6. The van der Waals surface area contributed by atoms with E-state index in [1.165, 1.54) is 6.20 Å². The van der Waals surface area contributed by atoms with Crippen LogP contribution in [0.25, 0.3) is 5.57 Å². The lowest BCUT2D eigenvalue weighted by atomic mass is 10.0. The predicted octanol–water partition coefficient (Wildman–Crippen LogP) is 4.09. The molecule has 0 radical (unpaired) electrons. The number of nitrogens with one attached hydrogen (secondary N) is 1. The van der Waals surface area contributed by atoms with Gasteiger partial charge in [0.25, 0.3) is 0 Å². The first kappa shape index (κ1) is 19.8. The molecule has 0 atom stereocenters. The van der Waals surface area contributed by atoms with E-state index in [0.29, 0.717) is 41.3 Å². The third-order valence-electron chi connectivity index (χ3n) is 5.14. The molecule has 0 bridgehead atoms. The van der Waals surface area contributed by atoms with Crippen LogP contribution in [0.5, 0.6) is 11.5 Å². The van der Waals surface area contributed by atoms with Gasteiger partial charge in [0, 0.05) is 30.3 Å². The molecule has 0 unspecified atom stereocenters. The molecular formula is C22H14F3N5O2. The van der Waals surface area contributed by atoms with Gasteiger partial charge in [0.05, 0.1) is 28.7 Å². The number of hydrogen-bond donors (Lipinski definition) is 1. The maximum absolute atomic E-state index is 13.2. The van der Waals surface area contributed by atoms with E-state index in [1.807, 2.05) is 18.2 Å². The minimum Gasteiger partial charge on any atom is -0.454 e. The van der Waals surface area contributed by atoms with Crippen LogP contribution < -0.4 is 14.8 Å². The summed E-state index contributed by atoms with van der Waals surface area (Å²) in [5.41, 5.74) is 1.72. The number of rotatable bonds is 4. The van der Waals surface area contributed by atoms with Crippen molar-refractivity contribution in [1.29, 1.82) is 5.26 Å². The number of anilines is 1. The molecule has 2 aromatic heterocycles. The topological polar surface area (TPSA) is 93.0 Å². The zero-order valence-corrected chi connectivity index (χ0v) is 16.4. The van der Waals surface area contributed by atoms with Gasteiger partial charge in [-0.25, -0.2) is 9.97 Å². The summed E-state index contributed by atoms with van der Waals surface area (Å²) in [4.78, 5) is 12.5. The summed E-state index contributed by atoms with van der Waals surface area (Å²) in [7, 11) is 0. The highest BCUT2D eigenvalue weighted by Crippen LogP contribution is 2.37. The number of alkyl halides is 3. The first-order chi connectivity index (χ1) is 15.4. The Kier molecular flexibility index (Phi) is 4.66. The number of nitrogens with zero attached hydrogens (tertiary/aromatic N) is 4. The van der Waals surface area contributed by atoms with Gasteiger partial charge >= 0.3 is 6.18 Å². The van der Waals surface area contributed by atoms with Crippen molar-refractivity contribution in [1.82, 2.24) is 15.0 Å². The molecule has 0 spiro atoms. The van der Waals surface area contributed by atoms with E-state index in [1.54, 1.807) is 12.1 Å². The van der Waals surface area contributed by atoms with Gasteiger partial charge in [-0.2, -0.15) is 18.4 Å². The number of benzene rings is 1. The van der Waals surface area contributed by atoms with Gasteiger partial charge in [-0.1, -0.05) is 12.1 Å². The molecule has 0 fully saturated rings. The van der Waals surface area contributed by atoms with Crippen molar-refractivity contribution in [3.05, 3.63) is 76.4 Å². The number of allylic oxidation sites excluding steroid dienone is 1. The Bertz CT molecular complexity index is 1300. The van der Waals surface area contributed by atoms with Gasteiger partial charge in [-0.3, -0.25) is 4.98 Å². The molecule has 10 heteroatoms. The quantitative estimate of drug-likeness (QED) is 0.657. The van der Waals surface area contributed by atoms with E-state index in [-0.39, 0.29) is 24.0 Å². The molecule has 1 N–H and O–H groups in total. The molecule has 1 aliphatic heterocycles. The summed E-state index contributed by atoms with van der Waals surface area (Å²) < 4.78 is 50.2. The standard InChI is InChI=1S/C22H14F3N5O2/c23-22(24,25)14-6-16-15(2-3-17(16)27-10-14)20-13(7-26)9-29-21(30-20)28-8-12-1-4-18-19(5-12)32-11-31-18/h1-2,4-6,9-10H,3,8,11H2,(H,28,29,30). The van der Waals surface area contributed by atoms with E-state index < -0.39 is 11.7 Å². The molecule has 1 aliphatic carbocycles. The molecule has 5 rings (SSSR count). The Balaban J connectivity index is 1.44. The average molecular weight is 437 g/mol. The Labute approximate surface area is 180 Å². The van der Waals surface area contributed by atoms with Crippen LogP contribution in [0.3, 0.4) is 0 Å². The molecule has 0 saturated heterocycles. The smallest absolute Gasteiger partial charge is 0.417 e. The maximum Gasteiger partial charge on any atom is 0.417 e. The van der Waals surface area contributed by atoms with Crippen LogP contribution in [0, 0.1) is 11.3 Å². The highest BCUT2D eigenvalue weighted by molar-refractivity contribution is 5.85. The van der Waals surface area contributed by atoms with Gasteiger partial charge in [0.15, 0.2) is 11.5 Å². The second-order valence-corrected chi connectivity index (χ2v) is 7.15. The van der Waals surface area contributed by atoms with E-state index in [4.69, 9.17) is 9.47 Å². The third-order valence-corrected chi connectivity index (χ3v) is 5.14. The van der Waals surface area contributed by atoms with Crippen molar-refractivity contribution < 1.29 is 22.6 Å². The molecule has 160 valence electrons. The molecule has 2 aliphatic rings. The lowest BCUT2D eigenvalue weighted by Gasteiger charge is -2.12. The van der Waals surface area contributed by atoms with Crippen LogP contribution in [0.4, 0.5) is 19.1 Å². The molecule has 0 amide bonds. The van der Waals surface area contributed by atoms with Gasteiger partial charge < -0.3 is 14.8 Å². The largest absolute Gasteiger partial charge is 0.454 e. The Morgan fingerprint density at radius 3 is 2.75 bits per heavy atom. The number of nitriles is 1. The number of pyridine rings is 1. The molecule has 0 saturated carbocycles. The Hall–Kier alpha value is -4.13. The van der Waals surface area contributed by atoms with Crippen LogP contribution >= 0.6 is 0 Å². The third kappa shape index (κ3) is 3.58. The first-order valence-corrected chi connectivity index (χ1v) is 9.59. The van der Waals surface area contributed by atoms with Gasteiger partial charge in [-0.05, 0) is 23.8 Å². The van der Waals surface area contributed by atoms with Crippen molar-refractivity contribution in [2.45, 2.75) is 19.1 Å². The second-order valence-electron chi connectivity index (χ2n) is 7.15.